The van der Waals surface area contributed by atoms with Gasteiger partial charge in [-0.3, -0.25) is 9.89 Å². The van der Waals surface area contributed by atoms with Crippen LogP contribution >= 0.6 is 11.6 Å². The molecule has 2 aromatic heterocycles. The van der Waals surface area contributed by atoms with Crippen LogP contribution in [-0.4, -0.2) is 20.8 Å². The molecule has 2 heterocycles. The number of nitrogens with zero attached hydrogens (tertiary/aromatic N) is 2. The van der Waals surface area contributed by atoms with Gasteiger partial charge in [0.2, 0.25) is 0 Å². The van der Waals surface area contributed by atoms with E-state index < -0.39 is 11.6 Å². The van der Waals surface area contributed by atoms with Gasteiger partial charge in [-0.1, -0.05) is 35.9 Å². The van der Waals surface area contributed by atoms with Crippen LogP contribution in [0.15, 0.2) is 35.1 Å². The van der Waals surface area contributed by atoms with Crippen molar-refractivity contribution in [3.8, 4) is 0 Å². The first-order valence-electron chi connectivity index (χ1n) is 7.08. The number of carbonyl (C=O) groups excluding carboxylic acids is 1. The van der Waals surface area contributed by atoms with Gasteiger partial charge in [0, 0.05) is 6.54 Å². The van der Waals surface area contributed by atoms with Crippen molar-refractivity contribution in [1.82, 2.24) is 20.1 Å². The number of hydrogen-bond donors (Lipinski definition) is 2. The summed E-state index contributed by atoms with van der Waals surface area (Å²) in [5, 5.41) is 6.05. The van der Waals surface area contributed by atoms with Gasteiger partial charge in [0.05, 0.1) is 5.39 Å². The molecule has 1 amide bonds. The van der Waals surface area contributed by atoms with Crippen LogP contribution in [0.3, 0.4) is 0 Å². The lowest BCUT2D eigenvalue weighted by Crippen LogP contribution is -2.35. The van der Waals surface area contributed by atoms with E-state index in [9.17, 15) is 9.59 Å². The van der Waals surface area contributed by atoms with E-state index in [0.29, 0.717) is 23.1 Å². The molecular weight excluding hydrogens is 316 g/mol. The third-order valence-corrected chi connectivity index (χ3v) is 3.91. The van der Waals surface area contributed by atoms with Crippen LogP contribution in [0.4, 0.5) is 4.79 Å². The standard InChI is InChI=1S/C16H15ClN4O2/c1-9-5-3-4-6-11(9)8-18-16(23)21-15(22)13-10(2)7-12(17)19-14(13)20-21/h3-7H,8H2,1-2H3,(H,18,23)(H,19,20). The van der Waals surface area contributed by atoms with Crippen LogP contribution in [0.5, 0.6) is 0 Å². The van der Waals surface area contributed by atoms with Crippen LogP contribution < -0.4 is 10.9 Å². The van der Waals surface area contributed by atoms with E-state index in [0.717, 1.165) is 15.8 Å². The fourth-order valence-electron chi connectivity index (χ4n) is 2.45. The number of halogens is 1. The van der Waals surface area contributed by atoms with Gasteiger partial charge in [0.1, 0.15) is 5.15 Å². The van der Waals surface area contributed by atoms with Gasteiger partial charge in [-0.05, 0) is 36.6 Å². The number of aromatic nitrogens is 3. The number of benzene rings is 1. The second-order valence-corrected chi connectivity index (χ2v) is 5.71. The Hall–Kier alpha value is -2.60. The highest BCUT2D eigenvalue weighted by atomic mass is 35.5. The van der Waals surface area contributed by atoms with E-state index in [-0.39, 0.29) is 5.15 Å². The topological polar surface area (TPSA) is 79.8 Å². The molecule has 0 saturated heterocycles. The van der Waals surface area contributed by atoms with Crippen LogP contribution in [0.1, 0.15) is 16.7 Å². The summed E-state index contributed by atoms with van der Waals surface area (Å²) in [5.74, 6) is 0. The average Bonchev–Trinajstić information content (AvgIpc) is 2.83. The molecule has 0 unspecified atom stereocenters. The average molecular weight is 331 g/mol. The molecule has 0 bridgehead atoms. The lowest BCUT2D eigenvalue weighted by atomic mass is 10.1. The summed E-state index contributed by atoms with van der Waals surface area (Å²) in [6.07, 6.45) is 0. The Kier molecular flexibility index (Phi) is 3.92. The second kappa shape index (κ2) is 5.89. The maximum Gasteiger partial charge on any atom is 0.343 e. The molecule has 0 aliphatic carbocycles. The number of pyridine rings is 1. The predicted molar refractivity (Wildman–Crippen MR) is 88.9 cm³/mol. The number of amides is 1. The normalized spacial score (nSPS) is 10.9. The summed E-state index contributed by atoms with van der Waals surface area (Å²) in [4.78, 5) is 28.7. The summed E-state index contributed by atoms with van der Waals surface area (Å²) in [6, 6.07) is 8.78. The van der Waals surface area contributed by atoms with Crippen molar-refractivity contribution in [2.75, 3.05) is 0 Å². The third kappa shape index (κ3) is 2.85. The van der Waals surface area contributed by atoms with E-state index in [1.165, 1.54) is 0 Å². The molecular formula is C16H15ClN4O2. The third-order valence-electron chi connectivity index (χ3n) is 3.71. The Balaban J connectivity index is 1.90. The molecule has 0 spiro atoms. The summed E-state index contributed by atoms with van der Waals surface area (Å²) in [7, 11) is 0. The number of hydrogen-bond acceptors (Lipinski definition) is 3. The van der Waals surface area contributed by atoms with Gasteiger partial charge in [-0.25, -0.2) is 9.78 Å². The molecule has 3 rings (SSSR count). The minimum atomic E-state index is -0.535. The number of aryl methyl sites for hydroxylation is 2. The first-order chi connectivity index (χ1) is 11.0. The van der Waals surface area contributed by atoms with Crippen molar-refractivity contribution in [3.05, 3.63) is 62.5 Å². The first-order valence-corrected chi connectivity index (χ1v) is 7.46. The smallest absolute Gasteiger partial charge is 0.332 e. The summed E-state index contributed by atoms with van der Waals surface area (Å²) < 4.78 is 0.916. The second-order valence-electron chi connectivity index (χ2n) is 5.32. The molecule has 6 nitrogen and oxygen atoms in total. The van der Waals surface area contributed by atoms with Crippen LogP contribution in [-0.2, 0) is 6.54 Å². The summed E-state index contributed by atoms with van der Waals surface area (Å²) in [6.45, 7) is 4.05. The van der Waals surface area contributed by atoms with Gasteiger partial charge in [0.25, 0.3) is 5.56 Å². The summed E-state index contributed by atoms with van der Waals surface area (Å²) in [5.41, 5.74) is 2.59. The predicted octanol–water partition coefficient (Wildman–Crippen LogP) is 2.75. The monoisotopic (exact) mass is 330 g/mol. The Bertz CT molecular complexity index is 958. The molecule has 0 aliphatic heterocycles. The van der Waals surface area contributed by atoms with Crippen molar-refractivity contribution >= 4 is 28.7 Å². The minimum Gasteiger partial charge on any atom is -0.332 e. The quantitative estimate of drug-likeness (QED) is 0.709. The maximum absolute atomic E-state index is 12.4. The Morgan fingerprint density at radius 3 is 2.78 bits per heavy atom. The molecule has 3 aromatic rings. The van der Waals surface area contributed by atoms with E-state index in [1.54, 1.807) is 13.0 Å². The van der Waals surface area contributed by atoms with Gasteiger partial charge in [-0.2, -0.15) is 4.68 Å². The minimum absolute atomic E-state index is 0.267. The van der Waals surface area contributed by atoms with Crippen molar-refractivity contribution in [2.45, 2.75) is 20.4 Å². The van der Waals surface area contributed by atoms with Crippen molar-refractivity contribution < 1.29 is 4.79 Å². The van der Waals surface area contributed by atoms with E-state index in [1.807, 2.05) is 31.2 Å². The van der Waals surface area contributed by atoms with Gasteiger partial charge >= 0.3 is 6.03 Å². The van der Waals surface area contributed by atoms with Crippen LogP contribution in [0.2, 0.25) is 5.15 Å². The molecule has 0 fully saturated rings. The Morgan fingerprint density at radius 1 is 1.30 bits per heavy atom. The fraction of sp³-hybridized carbons (Fsp3) is 0.188. The number of aromatic amines is 1. The van der Waals surface area contributed by atoms with Gasteiger partial charge in [0.15, 0.2) is 5.65 Å². The van der Waals surface area contributed by atoms with Crippen molar-refractivity contribution in [2.24, 2.45) is 0 Å². The largest absolute Gasteiger partial charge is 0.343 e. The lowest BCUT2D eigenvalue weighted by Gasteiger charge is -2.07. The Morgan fingerprint density at radius 2 is 2.04 bits per heavy atom. The molecule has 23 heavy (non-hydrogen) atoms. The number of H-pyrrole nitrogens is 1. The first kappa shape index (κ1) is 15.3. The van der Waals surface area contributed by atoms with Gasteiger partial charge in [-0.15, -0.1) is 0 Å². The lowest BCUT2D eigenvalue weighted by molar-refractivity contribution is 0.238. The number of carbonyl (C=O) groups is 1. The SMILES string of the molecule is Cc1ccccc1CNC(=O)n1[nH]c2nc(Cl)cc(C)c2c1=O. The molecule has 0 aliphatic rings. The molecule has 0 saturated carbocycles. The van der Waals surface area contributed by atoms with E-state index in [2.05, 4.69) is 15.4 Å². The molecule has 2 N–H and O–H groups in total. The highest BCUT2D eigenvalue weighted by Crippen LogP contribution is 2.15. The zero-order valence-electron chi connectivity index (χ0n) is 12.7. The zero-order valence-corrected chi connectivity index (χ0v) is 13.4. The fourth-order valence-corrected chi connectivity index (χ4v) is 2.70. The Labute approximate surface area is 137 Å². The highest BCUT2D eigenvalue weighted by Gasteiger charge is 2.16. The molecule has 7 heteroatoms. The molecule has 1 aromatic carbocycles. The van der Waals surface area contributed by atoms with Crippen LogP contribution in [0.25, 0.3) is 11.0 Å². The number of rotatable bonds is 2. The van der Waals surface area contributed by atoms with Crippen molar-refractivity contribution in [3.63, 3.8) is 0 Å². The molecule has 118 valence electrons. The zero-order chi connectivity index (χ0) is 16.6. The van der Waals surface area contributed by atoms with Gasteiger partial charge < -0.3 is 5.32 Å². The molecule has 0 atom stereocenters. The van der Waals surface area contributed by atoms with E-state index in [4.69, 9.17) is 11.6 Å². The van der Waals surface area contributed by atoms with E-state index >= 15 is 0 Å². The number of nitrogens with one attached hydrogen (secondary N) is 2. The number of fused-ring (bicyclic) bond motifs is 1. The highest BCUT2D eigenvalue weighted by molar-refractivity contribution is 6.29. The maximum atomic E-state index is 12.4. The molecule has 0 radical (unpaired) electrons. The summed E-state index contributed by atoms with van der Waals surface area (Å²) >= 11 is 5.88. The van der Waals surface area contributed by atoms with Crippen LogP contribution in [0, 0.1) is 13.8 Å². The van der Waals surface area contributed by atoms with Crippen molar-refractivity contribution in [1.29, 1.82) is 0 Å².